The van der Waals surface area contributed by atoms with Crippen LogP contribution in [0, 0.1) is 0 Å². The molecular weight excluding hydrogens is 486 g/mol. The van der Waals surface area contributed by atoms with Gasteiger partial charge in [-0.05, 0) is 54.5 Å². The molecule has 2 rings (SSSR count). The second-order valence-corrected chi connectivity index (χ2v) is 9.17. The van der Waals surface area contributed by atoms with Gasteiger partial charge in [-0.2, -0.15) is 11.8 Å². The quantitative estimate of drug-likeness (QED) is 0.164. The average molecular weight is 523 g/mol. The van der Waals surface area contributed by atoms with Crippen molar-refractivity contribution >= 4 is 23.7 Å². The Labute approximate surface area is 257 Å². The van der Waals surface area contributed by atoms with E-state index in [1.165, 1.54) is 43.0 Å². The van der Waals surface area contributed by atoms with Gasteiger partial charge < -0.3 is 30.8 Å². The Kier molecular flexibility index (Phi) is 26.9. The van der Waals surface area contributed by atoms with Gasteiger partial charge in [-0.15, -0.1) is 0 Å². The molecule has 0 aliphatic carbocycles. The Morgan fingerprint density at radius 2 is 1.26 bits per heavy atom. The summed E-state index contributed by atoms with van der Waals surface area (Å²) in [5.41, 5.74) is 3.54. The van der Waals surface area contributed by atoms with Gasteiger partial charge in [0.2, 0.25) is 0 Å². The number of hydrogen-bond acceptors (Lipinski definition) is 5. The molecule has 0 aliphatic heterocycles. The molecule has 0 amide bonds. The maximum Gasteiger partial charge on any atom is 1.00 e. The standard InChI is InChI=1S/C26H34O4S.2Na.2H2O/c27-25(28)18-19-31-24(20-26(29)30)23-17-11-10-16-22(23)15-9-4-2-1-3-6-12-21-13-7-5-8-14-21;;;;/h5,7-8,10-11,13-14,16-17,24H,1-4,6,9,12,15,18-20H2,(H,27,28)(H,29,30);;;2*1H2/q;2*+1;;/p-2/t24-;;;;/m0..../s1. The third-order valence-corrected chi connectivity index (χ3v) is 6.65. The second kappa shape index (κ2) is 24.0. The Morgan fingerprint density at radius 3 is 1.86 bits per heavy atom. The number of carbonyl (C=O) groups excluding carboxylic acids is 2. The number of aryl methyl sites for hydroxylation is 2. The number of carboxylic acids is 2. The Morgan fingerprint density at radius 1 is 0.714 bits per heavy atom. The minimum atomic E-state index is -1.11. The number of carbonyl (C=O) groups is 2. The van der Waals surface area contributed by atoms with Gasteiger partial charge in [0, 0.05) is 23.6 Å². The monoisotopic (exact) mass is 522 g/mol. The van der Waals surface area contributed by atoms with Gasteiger partial charge in [-0.3, -0.25) is 0 Å². The summed E-state index contributed by atoms with van der Waals surface area (Å²) in [6.07, 6.45) is 8.99. The van der Waals surface area contributed by atoms with E-state index in [0.717, 1.165) is 36.8 Å². The van der Waals surface area contributed by atoms with Crippen LogP contribution in [0.15, 0.2) is 54.6 Å². The largest absolute Gasteiger partial charge is 1.00 e. The normalized spacial score (nSPS) is 10.5. The second-order valence-electron chi connectivity index (χ2n) is 7.86. The van der Waals surface area contributed by atoms with Crippen molar-refractivity contribution < 1.29 is 89.9 Å². The van der Waals surface area contributed by atoms with Gasteiger partial charge in [0.1, 0.15) is 0 Å². The molecule has 184 valence electrons. The molecule has 6 nitrogen and oxygen atoms in total. The Balaban J connectivity index is -0.00000256. The molecule has 0 aromatic heterocycles. The third-order valence-electron chi connectivity index (χ3n) is 5.38. The molecule has 0 radical (unpaired) electrons. The number of rotatable bonds is 16. The molecule has 2 aromatic carbocycles. The van der Waals surface area contributed by atoms with E-state index in [1.54, 1.807) is 0 Å². The van der Waals surface area contributed by atoms with Gasteiger partial charge in [-0.1, -0.05) is 80.3 Å². The van der Waals surface area contributed by atoms with E-state index in [-0.39, 0.29) is 88.2 Å². The summed E-state index contributed by atoms with van der Waals surface area (Å²) in [7, 11) is 0. The topological polar surface area (TPSA) is 143 Å². The number of unbranched alkanes of at least 4 members (excludes halogenated alkanes) is 5. The average Bonchev–Trinajstić information content (AvgIpc) is 2.75. The van der Waals surface area contributed by atoms with E-state index in [1.807, 2.05) is 18.2 Å². The molecule has 4 N–H and O–H groups in total. The summed E-state index contributed by atoms with van der Waals surface area (Å²) in [5.74, 6) is -1.90. The minimum Gasteiger partial charge on any atom is -0.550 e. The maximum atomic E-state index is 11.2. The van der Waals surface area contributed by atoms with E-state index in [4.69, 9.17) is 0 Å². The smallest absolute Gasteiger partial charge is 0.550 e. The number of thioether (sulfide) groups is 1. The molecule has 9 heteroatoms. The number of aliphatic carboxylic acids is 2. The first kappa shape index (κ1) is 39.2. The summed E-state index contributed by atoms with van der Waals surface area (Å²) in [6.45, 7) is 0. The summed E-state index contributed by atoms with van der Waals surface area (Å²) in [5, 5.41) is 21.6. The molecule has 0 unspecified atom stereocenters. The summed E-state index contributed by atoms with van der Waals surface area (Å²) in [6, 6.07) is 18.5. The number of hydrogen-bond donors (Lipinski definition) is 0. The Bertz CT molecular complexity index is 807. The van der Waals surface area contributed by atoms with Crippen molar-refractivity contribution in [2.45, 2.75) is 69.5 Å². The molecule has 2 aromatic rings. The molecule has 1 atom stereocenters. The molecule has 0 heterocycles. The summed E-state index contributed by atoms with van der Waals surface area (Å²) < 4.78 is 0. The van der Waals surface area contributed by atoms with Crippen LogP contribution < -0.4 is 69.3 Å². The van der Waals surface area contributed by atoms with Crippen LogP contribution in [0.25, 0.3) is 0 Å². The van der Waals surface area contributed by atoms with E-state index in [9.17, 15) is 19.8 Å². The number of carboxylic acid groups (broad SMARTS) is 2. The fraction of sp³-hybridized carbons (Fsp3) is 0.462. The van der Waals surface area contributed by atoms with Gasteiger partial charge >= 0.3 is 59.1 Å². The van der Waals surface area contributed by atoms with Crippen molar-refractivity contribution in [1.29, 1.82) is 0 Å². The molecule has 35 heavy (non-hydrogen) atoms. The van der Waals surface area contributed by atoms with Gasteiger partial charge in [0.15, 0.2) is 0 Å². The first-order valence-electron chi connectivity index (χ1n) is 11.2. The van der Waals surface area contributed by atoms with Crippen LogP contribution in [0.2, 0.25) is 0 Å². The van der Waals surface area contributed by atoms with Crippen LogP contribution in [0.4, 0.5) is 0 Å². The predicted octanol–water partition coefficient (Wildman–Crippen LogP) is -3.77. The van der Waals surface area contributed by atoms with E-state index >= 15 is 0 Å². The SMILES string of the molecule is O.O.O=C([O-])CCS[C@@H](CC(=O)[O-])c1ccccc1CCCCCCCCc1ccccc1.[Na+].[Na+]. The Hall–Kier alpha value is -0.350. The molecule has 0 bridgehead atoms. The van der Waals surface area contributed by atoms with Gasteiger partial charge in [0.25, 0.3) is 0 Å². The van der Waals surface area contributed by atoms with E-state index in [2.05, 4.69) is 36.4 Å². The summed E-state index contributed by atoms with van der Waals surface area (Å²) in [4.78, 5) is 21.9. The van der Waals surface area contributed by atoms with Crippen LogP contribution >= 0.6 is 11.8 Å². The third kappa shape index (κ3) is 17.7. The van der Waals surface area contributed by atoms with Crippen LogP contribution in [0.1, 0.15) is 73.3 Å². The van der Waals surface area contributed by atoms with Crippen LogP contribution in [0.5, 0.6) is 0 Å². The van der Waals surface area contributed by atoms with Crippen molar-refractivity contribution in [3.05, 3.63) is 71.3 Å². The van der Waals surface area contributed by atoms with E-state index < -0.39 is 11.9 Å². The van der Waals surface area contributed by atoms with Crippen LogP contribution in [-0.2, 0) is 22.4 Å². The number of benzene rings is 2. The van der Waals surface area contributed by atoms with Crippen LogP contribution in [0.3, 0.4) is 0 Å². The predicted molar refractivity (Wildman–Crippen MR) is 130 cm³/mol. The van der Waals surface area contributed by atoms with E-state index in [0.29, 0.717) is 5.75 Å². The summed E-state index contributed by atoms with van der Waals surface area (Å²) >= 11 is 1.35. The molecule has 0 fully saturated rings. The first-order chi connectivity index (χ1) is 15.1. The van der Waals surface area contributed by atoms with Gasteiger partial charge in [-0.25, -0.2) is 0 Å². The molecule has 0 saturated carbocycles. The maximum absolute atomic E-state index is 11.2. The van der Waals surface area contributed by atoms with Crippen molar-refractivity contribution in [1.82, 2.24) is 0 Å². The molecule has 0 spiro atoms. The van der Waals surface area contributed by atoms with Crippen molar-refractivity contribution in [3.63, 3.8) is 0 Å². The zero-order valence-electron chi connectivity index (χ0n) is 21.1. The molecule has 0 saturated heterocycles. The fourth-order valence-corrected chi connectivity index (χ4v) is 5.00. The zero-order valence-corrected chi connectivity index (χ0v) is 25.9. The minimum absolute atomic E-state index is 0. The molecular formula is C26H36Na2O6S. The van der Waals surface area contributed by atoms with Crippen molar-refractivity contribution in [2.24, 2.45) is 0 Å². The van der Waals surface area contributed by atoms with Gasteiger partial charge in [0.05, 0.1) is 0 Å². The van der Waals surface area contributed by atoms with Crippen LogP contribution in [-0.4, -0.2) is 28.6 Å². The molecule has 0 aliphatic rings. The van der Waals surface area contributed by atoms with Crippen molar-refractivity contribution in [3.8, 4) is 0 Å². The zero-order chi connectivity index (χ0) is 22.3. The fourth-order valence-electron chi connectivity index (χ4n) is 3.77. The van der Waals surface area contributed by atoms with Crippen molar-refractivity contribution in [2.75, 3.05) is 5.75 Å². The first-order valence-corrected chi connectivity index (χ1v) is 12.2.